The highest BCUT2D eigenvalue weighted by molar-refractivity contribution is 9.12. The van der Waals surface area contributed by atoms with Crippen molar-refractivity contribution >= 4 is 32.7 Å². The SMILES string of the molecule is COC(C)(C)CN=C(Cl)/C(Br)=C\N. The number of rotatable bonds is 4. The van der Waals surface area contributed by atoms with Gasteiger partial charge in [-0.15, -0.1) is 0 Å². The molecule has 0 spiro atoms. The van der Waals surface area contributed by atoms with E-state index in [1.54, 1.807) is 7.11 Å². The molecule has 0 aliphatic carbocycles. The Bertz CT molecular complexity index is 226. The van der Waals surface area contributed by atoms with E-state index in [0.717, 1.165) is 0 Å². The first-order valence-electron chi connectivity index (χ1n) is 3.76. The lowest BCUT2D eigenvalue weighted by molar-refractivity contribution is 0.0312. The Morgan fingerprint density at radius 3 is 2.62 bits per heavy atom. The molecule has 0 aliphatic rings. The van der Waals surface area contributed by atoms with Crippen LogP contribution < -0.4 is 5.73 Å². The van der Waals surface area contributed by atoms with Crippen LogP contribution in [0.5, 0.6) is 0 Å². The molecule has 0 radical (unpaired) electrons. The van der Waals surface area contributed by atoms with Crippen molar-refractivity contribution < 1.29 is 4.74 Å². The number of hydrogen-bond donors (Lipinski definition) is 1. The summed E-state index contributed by atoms with van der Waals surface area (Å²) in [5.41, 5.74) is 4.94. The number of hydrogen-bond acceptors (Lipinski definition) is 3. The molecule has 76 valence electrons. The Labute approximate surface area is 92.1 Å². The maximum atomic E-state index is 5.79. The standard InChI is InChI=1S/C8H14BrClN2O/c1-8(2,13-3)5-12-7(10)6(9)4-11/h4H,5,11H2,1-3H3/b6-4+,12-7?. The molecule has 0 atom stereocenters. The van der Waals surface area contributed by atoms with Gasteiger partial charge in [0.1, 0.15) is 5.17 Å². The van der Waals surface area contributed by atoms with Gasteiger partial charge >= 0.3 is 0 Å². The number of methoxy groups -OCH3 is 1. The maximum Gasteiger partial charge on any atom is 0.139 e. The fraction of sp³-hybridized carbons (Fsp3) is 0.625. The molecule has 0 bridgehead atoms. The quantitative estimate of drug-likeness (QED) is 0.796. The van der Waals surface area contributed by atoms with E-state index in [4.69, 9.17) is 22.1 Å². The van der Waals surface area contributed by atoms with E-state index in [2.05, 4.69) is 20.9 Å². The maximum absolute atomic E-state index is 5.79. The number of nitrogens with two attached hydrogens (primary N) is 1. The van der Waals surface area contributed by atoms with Crippen molar-refractivity contribution in [2.24, 2.45) is 10.7 Å². The van der Waals surface area contributed by atoms with Crippen molar-refractivity contribution in [2.75, 3.05) is 13.7 Å². The van der Waals surface area contributed by atoms with Crippen molar-refractivity contribution in [1.82, 2.24) is 0 Å². The Hall–Kier alpha value is -0.0600. The first kappa shape index (κ1) is 12.9. The molecule has 0 amide bonds. The third-order valence-corrected chi connectivity index (χ3v) is 2.69. The van der Waals surface area contributed by atoms with Crippen LogP contribution in [0, 0.1) is 0 Å². The van der Waals surface area contributed by atoms with Gasteiger partial charge in [0.05, 0.1) is 16.6 Å². The zero-order chi connectivity index (χ0) is 10.5. The molecule has 0 aliphatic heterocycles. The van der Waals surface area contributed by atoms with Gasteiger partial charge in [-0.1, -0.05) is 11.6 Å². The second kappa shape index (κ2) is 5.62. The summed E-state index contributed by atoms with van der Waals surface area (Å²) >= 11 is 8.96. The zero-order valence-corrected chi connectivity index (χ0v) is 10.3. The molecule has 13 heavy (non-hydrogen) atoms. The van der Waals surface area contributed by atoms with Crippen molar-refractivity contribution in [3.05, 3.63) is 10.7 Å². The number of nitrogens with zero attached hydrogens (tertiary/aromatic N) is 1. The number of aliphatic imine (C=N–C) groups is 1. The minimum atomic E-state index is -0.304. The monoisotopic (exact) mass is 268 g/mol. The zero-order valence-electron chi connectivity index (χ0n) is 7.97. The molecule has 0 aromatic carbocycles. The summed E-state index contributed by atoms with van der Waals surface area (Å²) in [5, 5.41) is 0.354. The van der Waals surface area contributed by atoms with Gasteiger partial charge in [0.25, 0.3) is 0 Å². The van der Waals surface area contributed by atoms with Crippen LogP contribution in [0.4, 0.5) is 0 Å². The molecule has 0 aromatic rings. The van der Waals surface area contributed by atoms with Crippen molar-refractivity contribution in [2.45, 2.75) is 19.4 Å². The van der Waals surface area contributed by atoms with Crippen LogP contribution in [0.3, 0.4) is 0 Å². The fourth-order valence-electron chi connectivity index (χ4n) is 0.469. The Morgan fingerprint density at radius 1 is 1.69 bits per heavy atom. The molecule has 0 saturated heterocycles. The summed E-state index contributed by atoms with van der Waals surface area (Å²) in [7, 11) is 1.64. The van der Waals surface area contributed by atoms with Crippen LogP contribution in [0.1, 0.15) is 13.8 Å². The lowest BCUT2D eigenvalue weighted by Gasteiger charge is -2.19. The summed E-state index contributed by atoms with van der Waals surface area (Å²) in [5.74, 6) is 0. The van der Waals surface area contributed by atoms with Gasteiger partial charge < -0.3 is 10.5 Å². The smallest absolute Gasteiger partial charge is 0.139 e. The van der Waals surface area contributed by atoms with E-state index in [1.165, 1.54) is 6.20 Å². The van der Waals surface area contributed by atoms with Crippen LogP contribution in [0.2, 0.25) is 0 Å². The Morgan fingerprint density at radius 2 is 2.23 bits per heavy atom. The van der Waals surface area contributed by atoms with Crippen LogP contribution in [0.15, 0.2) is 15.7 Å². The summed E-state index contributed by atoms with van der Waals surface area (Å²) in [6, 6.07) is 0. The van der Waals surface area contributed by atoms with Crippen LogP contribution in [-0.2, 0) is 4.74 Å². The number of allylic oxidation sites excluding steroid dienone is 1. The highest BCUT2D eigenvalue weighted by atomic mass is 79.9. The minimum Gasteiger partial charge on any atom is -0.404 e. The largest absolute Gasteiger partial charge is 0.404 e. The second-order valence-electron chi connectivity index (χ2n) is 3.09. The highest BCUT2D eigenvalue weighted by Crippen LogP contribution is 2.13. The van der Waals surface area contributed by atoms with Crippen LogP contribution >= 0.6 is 27.5 Å². The van der Waals surface area contributed by atoms with E-state index in [0.29, 0.717) is 16.2 Å². The topological polar surface area (TPSA) is 47.6 Å². The van der Waals surface area contributed by atoms with Gasteiger partial charge in [0.2, 0.25) is 0 Å². The molecule has 2 N–H and O–H groups in total. The van der Waals surface area contributed by atoms with E-state index in [9.17, 15) is 0 Å². The third kappa shape index (κ3) is 5.29. The predicted octanol–water partition coefficient (Wildman–Crippen LogP) is 2.24. The van der Waals surface area contributed by atoms with E-state index in [-0.39, 0.29) is 5.60 Å². The molecular weight excluding hydrogens is 255 g/mol. The summed E-state index contributed by atoms with van der Waals surface area (Å²) in [6.45, 7) is 4.35. The van der Waals surface area contributed by atoms with Crippen LogP contribution in [0.25, 0.3) is 0 Å². The molecule has 0 aromatic heterocycles. The third-order valence-electron chi connectivity index (χ3n) is 1.49. The number of ether oxygens (including phenoxy) is 1. The number of halogens is 2. The lowest BCUT2D eigenvalue weighted by atomic mass is 10.1. The van der Waals surface area contributed by atoms with Crippen molar-refractivity contribution in [3.63, 3.8) is 0 Å². The highest BCUT2D eigenvalue weighted by Gasteiger charge is 2.15. The minimum absolute atomic E-state index is 0.304. The molecule has 0 rings (SSSR count). The second-order valence-corrected chi connectivity index (χ2v) is 4.30. The summed E-state index contributed by atoms with van der Waals surface area (Å²) < 4.78 is 5.75. The average molecular weight is 270 g/mol. The van der Waals surface area contributed by atoms with E-state index < -0.39 is 0 Å². The fourth-order valence-corrected chi connectivity index (χ4v) is 0.717. The van der Waals surface area contributed by atoms with Crippen LogP contribution in [-0.4, -0.2) is 24.4 Å². The van der Waals surface area contributed by atoms with Gasteiger partial charge in [-0.3, -0.25) is 4.99 Å². The van der Waals surface area contributed by atoms with E-state index in [1.807, 2.05) is 13.8 Å². The van der Waals surface area contributed by atoms with Gasteiger partial charge in [-0.25, -0.2) is 0 Å². The Kier molecular flexibility index (Phi) is 5.60. The van der Waals surface area contributed by atoms with Gasteiger partial charge in [-0.2, -0.15) is 0 Å². The lowest BCUT2D eigenvalue weighted by Crippen LogP contribution is -2.26. The van der Waals surface area contributed by atoms with Crippen molar-refractivity contribution in [1.29, 1.82) is 0 Å². The average Bonchev–Trinajstić information content (AvgIpc) is 2.13. The van der Waals surface area contributed by atoms with Crippen molar-refractivity contribution in [3.8, 4) is 0 Å². The first-order valence-corrected chi connectivity index (χ1v) is 4.93. The normalized spacial score (nSPS) is 14.8. The molecule has 3 nitrogen and oxygen atoms in total. The first-order chi connectivity index (χ1) is 5.93. The molecular formula is C8H14BrClN2O. The summed E-state index contributed by atoms with van der Waals surface area (Å²) in [4.78, 5) is 4.10. The van der Waals surface area contributed by atoms with E-state index >= 15 is 0 Å². The summed E-state index contributed by atoms with van der Waals surface area (Å²) in [6.07, 6.45) is 1.35. The van der Waals surface area contributed by atoms with Gasteiger partial charge in [0.15, 0.2) is 0 Å². The molecule has 0 fully saturated rings. The molecule has 0 saturated carbocycles. The predicted molar refractivity (Wildman–Crippen MR) is 60.4 cm³/mol. The Balaban J connectivity index is 4.28. The van der Waals surface area contributed by atoms with Gasteiger partial charge in [-0.05, 0) is 29.8 Å². The molecule has 5 heteroatoms. The molecule has 0 unspecified atom stereocenters. The molecule has 0 heterocycles. The van der Waals surface area contributed by atoms with Gasteiger partial charge in [0, 0.05) is 13.3 Å².